The predicted molar refractivity (Wildman–Crippen MR) is 242 cm³/mol. The van der Waals surface area contributed by atoms with Crippen LogP contribution in [0.25, 0.3) is 0 Å². The molecule has 1 aliphatic heterocycles. The van der Waals surface area contributed by atoms with Crippen LogP contribution < -0.4 is 10.6 Å². The van der Waals surface area contributed by atoms with Crippen LogP contribution >= 0.6 is 11.3 Å². The third kappa shape index (κ3) is 20.6. The molecule has 6 atom stereocenters. The number of aliphatic hydroxyl groups excluding tert-OH is 1. The Morgan fingerprint density at radius 1 is 0.983 bits per heavy atom. The summed E-state index contributed by atoms with van der Waals surface area (Å²) < 4.78 is 11.7. The molecule has 0 spiro atoms. The predicted octanol–water partition coefficient (Wildman–Crippen LogP) is 6.57. The summed E-state index contributed by atoms with van der Waals surface area (Å²) in [5.41, 5.74) is 0.546. The van der Waals surface area contributed by atoms with E-state index in [0.717, 1.165) is 24.3 Å². The fraction of sp³-hybridized carbons (Fsp3) is 0.711. The minimum atomic E-state index is -0.776. The second-order valence-corrected chi connectivity index (χ2v) is 16.2. The van der Waals surface area contributed by atoms with E-state index in [0.29, 0.717) is 13.1 Å². The Bertz CT molecular complexity index is 1410. The first-order valence-corrected chi connectivity index (χ1v) is 22.1. The van der Waals surface area contributed by atoms with Crippen molar-refractivity contribution >= 4 is 35.0 Å². The number of likely N-dealkylation sites (N-methyl/N-ethyl adjacent to an activating group) is 2. The molecule has 59 heavy (non-hydrogen) atoms. The molecule has 340 valence electrons. The van der Waals surface area contributed by atoms with Crippen molar-refractivity contribution < 1.29 is 33.8 Å². The molecule has 0 bridgehead atoms. The minimum absolute atomic E-state index is 0.0262. The van der Waals surface area contributed by atoms with Gasteiger partial charge in [0.25, 0.3) is 0 Å². The molecule has 0 radical (unpaired) electrons. The van der Waals surface area contributed by atoms with E-state index in [9.17, 15) is 19.2 Å². The topological polar surface area (TPSA) is 154 Å². The Labute approximate surface area is 362 Å². The summed E-state index contributed by atoms with van der Waals surface area (Å²) in [6.45, 7) is 23.8. The molecule has 1 saturated heterocycles. The molecule has 2 aromatic rings. The van der Waals surface area contributed by atoms with Crippen molar-refractivity contribution in [3.8, 4) is 0 Å². The Morgan fingerprint density at radius 2 is 1.56 bits per heavy atom. The molecule has 1 aliphatic rings. The number of carbonyl (C=O) groups excluding carboxylic acids is 4. The summed E-state index contributed by atoms with van der Waals surface area (Å²) in [5.74, 6) is -1.23. The number of nitrogens with zero attached hydrogens (tertiary/aromatic N) is 4. The lowest BCUT2D eigenvalue weighted by Crippen LogP contribution is -2.56. The maximum atomic E-state index is 13.8. The average molecular weight is 851 g/mol. The van der Waals surface area contributed by atoms with Crippen molar-refractivity contribution in [3.63, 3.8) is 0 Å². The number of aliphatic hydroxyl groups is 1. The minimum Gasteiger partial charge on any atom is -0.394 e. The maximum absolute atomic E-state index is 13.8. The zero-order chi connectivity index (χ0) is 45.9. The molecule has 0 saturated carbocycles. The summed E-state index contributed by atoms with van der Waals surface area (Å²) in [4.78, 5) is 62.3. The van der Waals surface area contributed by atoms with Crippen molar-refractivity contribution in [1.29, 1.82) is 0 Å². The Kier molecular flexibility index (Phi) is 30.7. The standard InChI is InChI=1S/C31H54N6O6S.C7H8.C3H8O.2C2H6/c1-11-20(2)27(36(8)26(39)19-34-30(41)31(4,5)35(6)7)23(42-9)17-25(38)37-15-12-13-22(37)28(43-10)21(3)29(40)33-18-24-32-14-16-44-24;1-7-5-3-2-4-6-7;1-3(2)4;2*1-2/h14,16,20-23,27-28H,11-13,15,17-19H2,1-10H3,(H,33,40)(H,34,41);2-6H,1H3;3-4H,1-2H3;2*1-2H3. The van der Waals surface area contributed by atoms with Gasteiger partial charge in [0.2, 0.25) is 23.6 Å². The van der Waals surface area contributed by atoms with Gasteiger partial charge >= 0.3 is 0 Å². The second-order valence-electron chi connectivity index (χ2n) is 15.2. The van der Waals surface area contributed by atoms with Gasteiger partial charge in [-0.25, -0.2) is 4.98 Å². The highest BCUT2D eigenvalue weighted by molar-refractivity contribution is 7.09. The van der Waals surface area contributed by atoms with Crippen LogP contribution in [-0.4, -0.2) is 133 Å². The van der Waals surface area contributed by atoms with E-state index in [-0.39, 0.29) is 54.7 Å². The van der Waals surface area contributed by atoms with Gasteiger partial charge in [0, 0.05) is 45.5 Å². The Morgan fingerprint density at radius 3 is 2.00 bits per heavy atom. The highest BCUT2D eigenvalue weighted by atomic mass is 32.1. The SMILES string of the molecule is CC.CC.CC(C)O.CCC(C)C(C(CC(=O)N1CCCC1C(OC)C(C)C(=O)NCc1nccs1)OC)N(C)C(=O)CNC(=O)C(C)(C)N(C)C.Cc1ccccc1. The first-order chi connectivity index (χ1) is 27.8. The molecular formula is C45H82N6O7S. The largest absolute Gasteiger partial charge is 0.394 e. The lowest BCUT2D eigenvalue weighted by Gasteiger charge is -2.39. The summed E-state index contributed by atoms with van der Waals surface area (Å²) in [6.07, 6.45) is 2.85. The van der Waals surface area contributed by atoms with E-state index in [1.54, 1.807) is 65.0 Å². The average Bonchev–Trinajstić information content (AvgIpc) is 3.93. The highest BCUT2D eigenvalue weighted by Crippen LogP contribution is 2.29. The fourth-order valence-electron chi connectivity index (χ4n) is 6.22. The molecule has 4 amide bonds. The number of aryl methyl sites for hydroxylation is 1. The van der Waals surface area contributed by atoms with Crippen molar-refractivity contribution in [2.45, 2.75) is 151 Å². The van der Waals surface area contributed by atoms with Gasteiger partial charge in [-0.3, -0.25) is 24.1 Å². The van der Waals surface area contributed by atoms with Crippen molar-refractivity contribution in [2.24, 2.45) is 11.8 Å². The molecule has 6 unspecified atom stereocenters. The van der Waals surface area contributed by atoms with Crippen LogP contribution in [0.2, 0.25) is 0 Å². The molecule has 1 aromatic carbocycles. The normalized spacial score (nSPS) is 15.9. The molecule has 3 N–H and O–H groups in total. The zero-order valence-electron chi connectivity index (χ0n) is 39.6. The molecule has 2 heterocycles. The number of ether oxygens (including phenoxy) is 2. The van der Waals surface area contributed by atoms with Crippen LogP contribution in [0.5, 0.6) is 0 Å². The van der Waals surface area contributed by atoms with Gasteiger partial charge in [-0.05, 0) is 67.5 Å². The quantitative estimate of drug-likeness (QED) is 0.161. The number of nitrogens with one attached hydrogen (secondary N) is 2. The fourth-order valence-corrected chi connectivity index (χ4v) is 6.78. The Balaban J connectivity index is 0. The number of hydrogen-bond acceptors (Lipinski definition) is 10. The lowest BCUT2D eigenvalue weighted by molar-refractivity contribution is -0.146. The number of likely N-dealkylation sites (tertiary alicyclic amines) is 1. The van der Waals surface area contributed by atoms with Crippen LogP contribution in [0.3, 0.4) is 0 Å². The number of carbonyl (C=O) groups is 4. The summed E-state index contributed by atoms with van der Waals surface area (Å²) in [6, 6.07) is 9.61. The second kappa shape index (κ2) is 31.4. The number of amides is 4. The lowest BCUT2D eigenvalue weighted by atomic mass is 9.90. The van der Waals surface area contributed by atoms with Gasteiger partial charge in [0.15, 0.2) is 0 Å². The first-order valence-electron chi connectivity index (χ1n) is 21.3. The van der Waals surface area contributed by atoms with Crippen LogP contribution in [0.15, 0.2) is 41.9 Å². The van der Waals surface area contributed by atoms with Gasteiger partial charge < -0.3 is 35.0 Å². The van der Waals surface area contributed by atoms with Crippen molar-refractivity contribution in [1.82, 2.24) is 30.3 Å². The number of methoxy groups -OCH3 is 2. The van der Waals surface area contributed by atoms with Gasteiger partial charge in [0.05, 0.1) is 55.3 Å². The molecule has 3 rings (SSSR count). The van der Waals surface area contributed by atoms with Crippen LogP contribution in [0.4, 0.5) is 0 Å². The van der Waals surface area contributed by atoms with Crippen LogP contribution in [0, 0.1) is 18.8 Å². The molecule has 1 aromatic heterocycles. The van der Waals surface area contributed by atoms with Crippen molar-refractivity contribution in [3.05, 3.63) is 52.5 Å². The van der Waals surface area contributed by atoms with E-state index >= 15 is 0 Å². The molecular weight excluding hydrogens is 769 g/mol. The van der Waals surface area contributed by atoms with E-state index in [4.69, 9.17) is 14.6 Å². The molecule has 1 fully saturated rings. The van der Waals surface area contributed by atoms with E-state index < -0.39 is 29.7 Å². The van der Waals surface area contributed by atoms with Gasteiger partial charge in [-0.15, -0.1) is 11.3 Å². The number of hydrogen-bond donors (Lipinski definition) is 3. The number of aromatic nitrogens is 1. The number of benzene rings is 1. The van der Waals surface area contributed by atoms with Crippen LogP contribution in [-0.2, 0) is 35.2 Å². The first kappa shape index (κ1) is 57.7. The highest BCUT2D eigenvalue weighted by Gasteiger charge is 2.42. The molecule has 13 nitrogen and oxygen atoms in total. The maximum Gasteiger partial charge on any atom is 0.242 e. The molecule has 0 aliphatic carbocycles. The van der Waals surface area contributed by atoms with Gasteiger partial charge in [-0.1, -0.05) is 90.8 Å². The van der Waals surface area contributed by atoms with E-state index in [1.165, 1.54) is 16.9 Å². The van der Waals surface area contributed by atoms with E-state index in [1.807, 2.05) is 91.0 Å². The Hall–Kier alpha value is -3.43. The molecule has 14 heteroatoms. The van der Waals surface area contributed by atoms with Gasteiger partial charge in [0.1, 0.15) is 5.01 Å². The summed E-state index contributed by atoms with van der Waals surface area (Å²) in [7, 11) is 8.45. The van der Waals surface area contributed by atoms with Crippen molar-refractivity contribution in [2.75, 3.05) is 48.5 Å². The zero-order valence-corrected chi connectivity index (χ0v) is 40.4. The third-order valence-corrected chi connectivity index (χ3v) is 11.0. The monoisotopic (exact) mass is 851 g/mol. The smallest absolute Gasteiger partial charge is 0.242 e. The van der Waals surface area contributed by atoms with E-state index in [2.05, 4.69) is 34.7 Å². The van der Waals surface area contributed by atoms with Gasteiger partial charge in [-0.2, -0.15) is 0 Å². The number of thiazole rings is 1. The summed E-state index contributed by atoms with van der Waals surface area (Å²) in [5, 5.41) is 16.4. The summed E-state index contributed by atoms with van der Waals surface area (Å²) >= 11 is 1.48. The van der Waals surface area contributed by atoms with Crippen LogP contribution in [0.1, 0.15) is 112 Å². The third-order valence-electron chi connectivity index (χ3n) is 10.2. The number of rotatable bonds is 17.